The monoisotopic (exact) mass is 820 g/mol. The van der Waals surface area contributed by atoms with Crippen LogP contribution in [0.4, 0.5) is 17.1 Å². The number of benzene rings is 4. The predicted octanol–water partition coefficient (Wildman–Crippen LogP) is 9.61. The molecule has 1 aliphatic heterocycles. The van der Waals surface area contributed by atoms with Gasteiger partial charge in [0.15, 0.2) is 0 Å². The number of aryl methyl sites for hydroxylation is 1. The average Bonchev–Trinajstić information content (AvgIpc) is 3.71. The molecule has 9 rings (SSSR count). The molecule has 0 atom stereocenters. The molecular weight excluding hydrogens is 788 g/mol. The zero-order valence-electron chi connectivity index (χ0n) is 27.8. The van der Waals surface area contributed by atoms with E-state index in [2.05, 4.69) is 144 Å². The predicted molar refractivity (Wildman–Crippen MR) is 195 cm³/mol. The minimum Gasteiger partial charge on any atom is -0.509 e. The van der Waals surface area contributed by atoms with Gasteiger partial charge in [-0.25, -0.2) is 9.97 Å². The van der Waals surface area contributed by atoms with Crippen LogP contribution in [-0.2, 0) is 33.5 Å². The molecule has 4 aromatic carbocycles. The number of nitrogens with zero attached hydrogens (tertiary/aromatic N) is 6. The fraction of sp³-hybridized carbons (Fsp3) is 0.146. The maximum atomic E-state index is 6.52. The normalized spacial score (nSPS) is 13.1. The molecule has 0 spiro atoms. The average molecular weight is 821 g/mol. The summed E-state index contributed by atoms with van der Waals surface area (Å²) in [4.78, 5) is 13.8. The summed E-state index contributed by atoms with van der Waals surface area (Å²) in [6.45, 7) is 8.77. The Labute approximate surface area is 299 Å². The summed E-state index contributed by atoms with van der Waals surface area (Å²) in [7, 11) is 4.14. The molecule has 0 radical (unpaired) electrons. The van der Waals surface area contributed by atoms with Crippen molar-refractivity contribution in [2.24, 2.45) is 7.05 Å². The van der Waals surface area contributed by atoms with Gasteiger partial charge in [-0.3, -0.25) is 0 Å². The first-order valence-corrected chi connectivity index (χ1v) is 16.1. The number of ether oxygens (including phenoxy) is 1. The van der Waals surface area contributed by atoms with Crippen molar-refractivity contribution in [3.05, 3.63) is 128 Å². The number of pyridine rings is 2. The molecule has 1 aliphatic rings. The van der Waals surface area contributed by atoms with Gasteiger partial charge in [0.05, 0.1) is 5.52 Å². The van der Waals surface area contributed by atoms with E-state index in [1.54, 1.807) is 0 Å². The third-order valence-corrected chi connectivity index (χ3v) is 9.41. The van der Waals surface area contributed by atoms with Gasteiger partial charge in [-0.2, -0.15) is 18.8 Å². The topological polar surface area (TPSA) is 51.4 Å². The van der Waals surface area contributed by atoms with Gasteiger partial charge in [-0.1, -0.05) is 44.5 Å². The standard InChI is InChI=1S/C41H33N6O.Pt/c1-41(2,3)26-19-21-42-37(22-26)47-33-14-7-6-12-30(33)31-16-15-29(24-36(31)47)48-28-11-8-10-27(23-28)46-25-44(4)35-18-17-34-38(39(35)46)32-13-9-20-43-40(32)45(34)5;/h6-22,25H,1-5H3;/q-3;. The second-order valence-corrected chi connectivity index (χ2v) is 13.4. The molecule has 0 fully saturated rings. The van der Waals surface area contributed by atoms with Gasteiger partial charge in [-0.05, 0) is 65.9 Å². The Morgan fingerprint density at radius 3 is 2.41 bits per heavy atom. The van der Waals surface area contributed by atoms with Crippen molar-refractivity contribution in [3.63, 3.8) is 0 Å². The van der Waals surface area contributed by atoms with Crippen LogP contribution in [0.3, 0.4) is 0 Å². The zero-order chi connectivity index (χ0) is 32.7. The van der Waals surface area contributed by atoms with Gasteiger partial charge in [-0.15, -0.1) is 41.4 Å². The first kappa shape index (κ1) is 31.2. The fourth-order valence-electron chi connectivity index (χ4n) is 7.03. The number of hydrogen-bond donors (Lipinski definition) is 0. The van der Waals surface area contributed by atoms with Crippen LogP contribution in [0.2, 0.25) is 0 Å². The molecular formula is C41H33N6OPt-3. The number of fused-ring (bicyclic) bond motifs is 8. The van der Waals surface area contributed by atoms with Crippen LogP contribution in [0.25, 0.3) is 49.6 Å². The second-order valence-electron chi connectivity index (χ2n) is 13.4. The van der Waals surface area contributed by atoms with Gasteiger partial charge in [0.2, 0.25) is 0 Å². The van der Waals surface area contributed by atoms with E-state index < -0.39 is 0 Å². The first-order chi connectivity index (χ1) is 23.3. The largest absolute Gasteiger partial charge is 0.509 e. The number of hydrogen-bond acceptors (Lipinski definition) is 5. The van der Waals surface area contributed by atoms with Gasteiger partial charge >= 0.3 is 0 Å². The van der Waals surface area contributed by atoms with Crippen LogP contribution in [0.5, 0.6) is 11.5 Å². The summed E-state index contributed by atoms with van der Waals surface area (Å²) in [6.07, 6.45) is 3.74. The molecule has 0 N–H and O–H groups in total. The Balaban J connectivity index is 0.00000348. The summed E-state index contributed by atoms with van der Waals surface area (Å²) in [6, 6.07) is 38.4. The van der Waals surface area contributed by atoms with E-state index in [1.165, 1.54) is 5.56 Å². The van der Waals surface area contributed by atoms with Gasteiger partial charge in [0, 0.05) is 79.7 Å². The smallest absolute Gasteiger partial charge is 0.140 e. The number of rotatable bonds is 4. The quantitative estimate of drug-likeness (QED) is 0.166. The Morgan fingerprint density at radius 1 is 0.735 bits per heavy atom. The summed E-state index contributed by atoms with van der Waals surface area (Å²) >= 11 is 0. The van der Waals surface area contributed by atoms with E-state index in [0.29, 0.717) is 11.5 Å². The molecule has 0 bridgehead atoms. The Kier molecular flexibility index (Phi) is 7.31. The fourth-order valence-corrected chi connectivity index (χ4v) is 7.03. The van der Waals surface area contributed by atoms with E-state index in [9.17, 15) is 0 Å². The van der Waals surface area contributed by atoms with Crippen LogP contribution in [0.15, 0.2) is 103 Å². The third kappa shape index (κ3) is 4.90. The van der Waals surface area contributed by atoms with Crippen LogP contribution in [-0.4, -0.2) is 26.1 Å². The van der Waals surface area contributed by atoms with Crippen molar-refractivity contribution in [3.8, 4) is 17.3 Å². The molecule has 4 aromatic heterocycles. The van der Waals surface area contributed by atoms with Gasteiger partial charge in [0.25, 0.3) is 0 Å². The van der Waals surface area contributed by atoms with Crippen molar-refractivity contribution in [2.75, 3.05) is 16.8 Å². The molecule has 49 heavy (non-hydrogen) atoms. The minimum absolute atomic E-state index is 0. The SMILES string of the molecule is CN1[CH-]N(c2[c-]c(Oc3[c-]c4c(cc3)c3ccccc3n4-c3cc(C(C)(C)C)ccn3)ccc2)c2c1ccc1c2c2cccnc2n1C.[Pt]. The van der Waals surface area contributed by atoms with Crippen molar-refractivity contribution in [1.82, 2.24) is 19.1 Å². The van der Waals surface area contributed by atoms with E-state index in [-0.39, 0.29) is 26.5 Å². The first-order valence-electron chi connectivity index (χ1n) is 16.1. The third-order valence-electron chi connectivity index (χ3n) is 9.41. The Bertz CT molecular complexity index is 2560. The van der Waals surface area contributed by atoms with E-state index >= 15 is 0 Å². The second kappa shape index (κ2) is 11.5. The number of aromatic nitrogens is 4. The molecule has 0 unspecified atom stereocenters. The summed E-state index contributed by atoms with van der Waals surface area (Å²) < 4.78 is 10.9. The maximum Gasteiger partial charge on any atom is 0.140 e. The van der Waals surface area contributed by atoms with Crippen molar-refractivity contribution >= 4 is 60.8 Å². The molecule has 8 aromatic rings. The summed E-state index contributed by atoms with van der Waals surface area (Å²) in [5.74, 6) is 2.07. The Morgan fingerprint density at radius 2 is 1.55 bits per heavy atom. The maximum absolute atomic E-state index is 6.52. The summed E-state index contributed by atoms with van der Waals surface area (Å²) in [5.41, 5.74) is 8.40. The van der Waals surface area contributed by atoms with Crippen molar-refractivity contribution in [1.29, 1.82) is 0 Å². The molecule has 5 heterocycles. The minimum atomic E-state index is -0.00630. The van der Waals surface area contributed by atoms with Crippen LogP contribution in [0.1, 0.15) is 26.3 Å². The van der Waals surface area contributed by atoms with Crippen molar-refractivity contribution < 1.29 is 25.8 Å². The van der Waals surface area contributed by atoms with E-state index in [4.69, 9.17) is 9.72 Å². The van der Waals surface area contributed by atoms with Crippen LogP contribution >= 0.6 is 0 Å². The summed E-state index contributed by atoms with van der Waals surface area (Å²) in [5, 5.41) is 4.52. The number of para-hydroxylation sites is 1. The van der Waals surface area contributed by atoms with Gasteiger partial charge in [0.1, 0.15) is 11.5 Å². The van der Waals surface area contributed by atoms with Crippen LogP contribution in [0, 0.1) is 18.8 Å². The molecule has 246 valence electrons. The van der Waals surface area contributed by atoms with Crippen molar-refractivity contribution in [2.45, 2.75) is 26.2 Å². The molecule has 7 nitrogen and oxygen atoms in total. The Hall–Kier alpha value is -5.13. The zero-order valence-corrected chi connectivity index (χ0v) is 30.1. The van der Waals surface area contributed by atoms with Gasteiger partial charge < -0.3 is 23.7 Å². The number of anilines is 3. The molecule has 0 aliphatic carbocycles. The van der Waals surface area contributed by atoms with E-state index in [1.807, 2.05) is 36.7 Å². The van der Waals surface area contributed by atoms with Crippen LogP contribution < -0.4 is 14.5 Å². The molecule has 0 saturated heterocycles. The molecule has 0 saturated carbocycles. The molecule has 0 amide bonds. The van der Waals surface area contributed by atoms with E-state index in [0.717, 1.165) is 66.6 Å². The molecule has 8 heteroatoms.